The Balaban J connectivity index is 1.99. The molecule has 2 aromatic heterocycles. The molecule has 0 radical (unpaired) electrons. The minimum absolute atomic E-state index is 0.695. The molecule has 3 aromatic rings. The molecule has 0 unspecified atom stereocenters. The summed E-state index contributed by atoms with van der Waals surface area (Å²) >= 11 is 6.77. The van der Waals surface area contributed by atoms with E-state index in [1.54, 1.807) is 29.3 Å². The summed E-state index contributed by atoms with van der Waals surface area (Å²) in [5.41, 5.74) is 8.56. The number of hydrogen-bond acceptors (Lipinski definition) is 5. The number of nitrogen functional groups attached to an aromatic ring is 1. The number of anilines is 1. The number of benzene rings is 1. The lowest BCUT2D eigenvalue weighted by atomic mass is 10.3. The van der Waals surface area contributed by atoms with Gasteiger partial charge in [-0.15, -0.1) is 11.3 Å². The fourth-order valence-electron chi connectivity index (χ4n) is 1.62. The van der Waals surface area contributed by atoms with Gasteiger partial charge >= 0.3 is 0 Å². The van der Waals surface area contributed by atoms with E-state index in [0.29, 0.717) is 5.69 Å². The van der Waals surface area contributed by atoms with E-state index in [1.807, 2.05) is 25.1 Å². The first-order valence-corrected chi connectivity index (χ1v) is 8.02. The molecule has 0 spiro atoms. The molecular formula is C13H10BrN3S2. The lowest BCUT2D eigenvalue weighted by molar-refractivity contribution is 1.09. The fraction of sp³-hybridized carbons (Fsp3) is 0.0769. The molecular weight excluding hydrogens is 342 g/mol. The monoisotopic (exact) mass is 351 g/mol. The molecule has 6 heteroatoms. The number of pyridine rings is 1. The van der Waals surface area contributed by atoms with Crippen LogP contribution in [0.3, 0.4) is 0 Å². The third kappa shape index (κ3) is 2.48. The van der Waals surface area contributed by atoms with Gasteiger partial charge in [0.15, 0.2) is 4.34 Å². The molecule has 0 amide bonds. The first kappa shape index (κ1) is 12.9. The van der Waals surface area contributed by atoms with Crippen molar-refractivity contribution in [3.63, 3.8) is 0 Å². The predicted molar refractivity (Wildman–Crippen MR) is 84.8 cm³/mol. The van der Waals surface area contributed by atoms with Crippen LogP contribution in [0.4, 0.5) is 5.69 Å². The van der Waals surface area contributed by atoms with Crippen LogP contribution in [0, 0.1) is 6.92 Å². The number of nitrogens with zero attached hydrogens (tertiary/aromatic N) is 2. The van der Waals surface area contributed by atoms with Gasteiger partial charge in [0.05, 0.1) is 26.6 Å². The van der Waals surface area contributed by atoms with Crippen molar-refractivity contribution in [2.75, 3.05) is 5.73 Å². The molecule has 96 valence electrons. The van der Waals surface area contributed by atoms with Gasteiger partial charge < -0.3 is 5.73 Å². The molecule has 0 aliphatic carbocycles. The van der Waals surface area contributed by atoms with Crippen LogP contribution in [0.15, 0.2) is 44.3 Å². The van der Waals surface area contributed by atoms with E-state index in [9.17, 15) is 0 Å². The molecule has 0 bridgehead atoms. The van der Waals surface area contributed by atoms with Gasteiger partial charge in [-0.1, -0.05) is 12.1 Å². The lowest BCUT2D eigenvalue weighted by Crippen LogP contribution is -1.94. The highest BCUT2D eigenvalue weighted by Crippen LogP contribution is 2.38. The average Bonchev–Trinajstić information content (AvgIpc) is 2.82. The molecule has 0 saturated heterocycles. The zero-order valence-electron chi connectivity index (χ0n) is 10.1. The number of hydrogen-bond donors (Lipinski definition) is 1. The van der Waals surface area contributed by atoms with Crippen molar-refractivity contribution in [2.24, 2.45) is 0 Å². The van der Waals surface area contributed by atoms with E-state index in [1.165, 1.54) is 4.70 Å². The summed E-state index contributed by atoms with van der Waals surface area (Å²) in [7, 11) is 0. The minimum Gasteiger partial charge on any atom is -0.397 e. The summed E-state index contributed by atoms with van der Waals surface area (Å²) in [5.74, 6) is 0. The van der Waals surface area contributed by atoms with Crippen molar-refractivity contribution in [3.8, 4) is 0 Å². The van der Waals surface area contributed by atoms with Gasteiger partial charge in [-0.3, -0.25) is 0 Å². The topological polar surface area (TPSA) is 51.8 Å². The van der Waals surface area contributed by atoms with E-state index in [-0.39, 0.29) is 0 Å². The van der Waals surface area contributed by atoms with Gasteiger partial charge in [0.1, 0.15) is 5.03 Å². The van der Waals surface area contributed by atoms with E-state index < -0.39 is 0 Å². The van der Waals surface area contributed by atoms with Gasteiger partial charge in [0.25, 0.3) is 0 Å². The van der Waals surface area contributed by atoms with E-state index >= 15 is 0 Å². The van der Waals surface area contributed by atoms with Crippen molar-refractivity contribution >= 4 is 54.9 Å². The first-order chi connectivity index (χ1) is 9.15. The number of nitrogens with two attached hydrogens (primary N) is 1. The molecule has 0 saturated carbocycles. The second-order valence-electron chi connectivity index (χ2n) is 4.01. The fourth-order valence-corrected chi connectivity index (χ4v) is 4.22. The number of para-hydroxylation sites is 1. The Hall–Kier alpha value is -1.11. The maximum Gasteiger partial charge on any atom is 0.157 e. The molecule has 2 heterocycles. The summed E-state index contributed by atoms with van der Waals surface area (Å²) in [5, 5.41) is 0.894. The smallest absolute Gasteiger partial charge is 0.157 e. The van der Waals surface area contributed by atoms with Crippen molar-refractivity contribution in [3.05, 3.63) is 40.5 Å². The number of halogens is 1. The Bertz CT molecular complexity index is 722. The standard InChI is InChI=1S/C13H10BrN3S2/c1-7-8(15)6-16-12(11(7)14)19-13-17-9-4-2-3-5-10(9)18-13/h2-6H,15H2,1H3. The Morgan fingerprint density at radius 3 is 2.89 bits per heavy atom. The van der Waals surface area contributed by atoms with Crippen LogP contribution in [-0.2, 0) is 0 Å². The number of aromatic nitrogens is 2. The summed E-state index contributed by atoms with van der Waals surface area (Å²) in [6.07, 6.45) is 1.69. The third-order valence-electron chi connectivity index (χ3n) is 2.73. The molecule has 0 fully saturated rings. The zero-order chi connectivity index (χ0) is 13.4. The maximum absolute atomic E-state index is 5.83. The predicted octanol–water partition coefficient (Wildman–Crippen LogP) is 4.50. The van der Waals surface area contributed by atoms with Gasteiger partial charge in [-0.2, -0.15) is 0 Å². The summed E-state index contributed by atoms with van der Waals surface area (Å²) in [6, 6.07) is 8.12. The van der Waals surface area contributed by atoms with Crippen molar-refractivity contribution in [2.45, 2.75) is 16.3 Å². The highest BCUT2D eigenvalue weighted by Gasteiger charge is 2.11. The Morgan fingerprint density at radius 1 is 1.32 bits per heavy atom. The SMILES string of the molecule is Cc1c(N)cnc(Sc2nc3ccccc3s2)c1Br. The van der Waals surface area contributed by atoms with E-state index in [0.717, 1.165) is 24.9 Å². The highest BCUT2D eigenvalue weighted by atomic mass is 79.9. The van der Waals surface area contributed by atoms with Crippen LogP contribution in [0.2, 0.25) is 0 Å². The molecule has 1 aromatic carbocycles. The largest absolute Gasteiger partial charge is 0.397 e. The second-order valence-corrected chi connectivity index (χ2v) is 7.07. The Morgan fingerprint density at radius 2 is 2.11 bits per heavy atom. The normalized spacial score (nSPS) is 11.1. The van der Waals surface area contributed by atoms with Crippen LogP contribution in [0.5, 0.6) is 0 Å². The highest BCUT2D eigenvalue weighted by molar-refractivity contribution is 9.10. The Kier molecular flexibility index (Phi) is 3.47. The second kappa shape index (κ2) is 5.11. The van der Waals surface area contributed by atoms with Crippen molar-refractivity contribution < 1.29 is 0 Å². The number of fused-ring (bicyclic) bond motifs is 1. The van der Waals surface area contributed by atoms with E-state index in [2.05, 4.69) is 32.0 Å². The molecule has 3 nitrogen and oxygen atoms in total. The molecule has 0 aliphatic rings. The first-order valence-electron chi connectivity index (χ1n) is 5.59. The zero-order valence-corrected chi connectivity index (χ0v) is 13.3. The van der Waals surface area contributed by atoms with Crippen molar-refractivity contribution in [1.82, 2.24) is 9.97 Å². The molecule has 0 aliphatic heterocycles. The third-order valence-corrected chi connectivity index (χ3v) is 6.06. The average molecular weight is 352 g/mol. The van der Waals surface area contributed by atoms with Crippen LogP contribution >= 0.6 is 39.0 Å². The molecule has 19 heavy (non-hydrogen) atoms. The van der Waals surface area contributed by atoms with Gasteiger partial charge in [-0.25, -0.2) is 9.97 Å². The molecule has 3 rings (SSSR count). The number of thiazole rings is 1. The maximum atomic E-state index is 5.83. The summed E-state index contributed by atoms with van der Waals surface area (Å²) in [6.45, 7) is 1.98. The van der Waals surface area contributed by atoms with Crippen molar-refractivity contribution in [1.29, 1.82) is 0 Å². The molecule has 2 N–H and O–H groups in total. The quantitative estimate of drug-likeness (QED) is 0.738. The van der Waals surface area contributed by atoms with Gasteiger partial charge in [0.2, 0.25) is 0 Å². The van der Waals surface area contributed by atoms with Gasteiger partial charge in [0, 0.05) is 0 Å². The van der Waals surface area contributed by atoms with Crippen LogP contribution in [0.25, 0.3) is 10.2 Å². The van der Waals surface area contributed by atoms with Gasteiger partial charge in [-0.05, 0) is 52.3 Å². The van der Waals surface area contributed by atoms with E-state index in [4.69, 9.17) is 5.73 Å². The summed E-state index contributed by atoms with van der Waals surface area (Å²) < 4.78 is 3.11. The number of rotatable bonds is 2. The van der Waals surface area contributed by atoms with Crippen LogP contribution in [-0.4, -0.2) is 9.97 Å². The van der Waals surface area contributed by atoms with Crippen LogP contribution in [0.1, 0.15) is 5.56 Å². The van der Waals surface area contributed by atoms with Crippen LogP contribution < -0.4 is 5.73 Å². The molecule has 0 atom stereocenters. The summed E-state index contributed by atoms with van der Waals surface area (Å²) in [4.78, 5) is 8.95. The minimum atomic E-state index is 0.695. The Labute approximate surface area is 127 Å². The lowest BCUT2D eigenvalue weighted by Gasteiger charge is -2.06.